The van der Waals surface area contributed by atoms with Gasteiger partial charge in [0.1, 0.15) is 52.8 Å². The molecule has 0 fully saturated rings. The Balaban J connectivity index is 0.000000537. The number of phenols is 4. The number of nitrogens with zero attached hydrogens (tertiary/aromatic N) is 9. The number of aryl methyl sites for hydroxylation is 1. The Morgan fingerprint density at radius 1 is 0.587 bits per heavy atom. The van der Waals surface area contributed by atoms with Gasteiger partial charge in [-0.15, -0.1) is 20.5 Å². The van der Waals surface area contributed by atoms with Crippen LogP contribution in [-0.4, -0.2) is 83.0 Å². The Hall–Kier alpha value is -6.83. The molecule has 75 heavy (non-hydrogen) atoms. The van der Waals surface area contributed by atoms with Crippen LogP contribution in [0.15, 0.2) is 148 Å². The van der Waals surface area contributed by atoms with Crippen LogP contribution in [0.4, 0.5) is 51.2 Å². The van der Waals surface area contributed by atoms with Gasteiger partial charge in [0.05, 0.1) is 10.3 Å². The van der Waals surface area contributed by atoms with E-state index in [9.17, 15) is 30.5 Å². The van der Waals surface area contributed by atoms with E-state index in [0.29, 0.717) is 11.4 Å². The summed E-state index contributed by atoms with van der Waals surface area (Å²) < 4.78 is 2.31. The fraction of sp³-hybridized carbons (Fsp3) is 0.328. The zero-order valence-corrected chi connectivity index (χ0v) is 49.1. The molecule has 405 valence electrons. The van der Waals surface area contributed by atoms with Crippen molar-refractivity contribution in [3.05, 3.63) is 154 Å². The van der Waals surface area contributed by atoms with Crippen LogP contribution in [0.5, 0.6) is 23.0 Å². The average molecular weight is 1180 g/mol. The summed E-state index contributed by atoms with van der Waals surface area (Å²) in [6, 6.07) is 36.2. The maximum atomic E-state index is 10.8. The van der Waals surface area contributed by atoms with Crippen LogP contribution >= 0.6 is 0 Å². The molecule has 1 aliphatic heterocycles. The second-order valence-corrected chi connectivity index (χ2v) is 16.9. The second kappa shape index (κ2) is 32.5. The number of nitro groups is 1. The zero-order valence-electron chi connectivity index (χ0n) is 45.9. The fourth-order valence-electron chi connectivity index (χ4n) is 7.76. The van der Waals surface area contributed by atoms with Gasteiger partial charge in [-0.25, -0.2) is 0 Å². The van der Waals surface area contributed by atoms with Gasteiger partial charge in [-0.1, -0.05) is 64.1 Å². The first-order valence-corrected chi connectivity index (χ1v) is 24.8. The van der Waals surface area contributed by atoms with Gasteiger partial charge < -0.3 is 59.1 Å². The molecule has 15 nitrogen and oxygen atoms in total. The summed E-state index contributed by atoms with van der Waals surface area (Å²) in [6.45, 7) is 26.0. The molecule has 0 aliphatic carbocycles. The van der Waals surface area contributed by atoms with E-state index < -0.39 is 4.92 Å². The molecule has 0 saturated heterocycles. The van der Waals surface area contributed by atoms with Crippen LogP contribution in [0.3, 0.4) is 0 Å². The van der Waals surface area contributed by atoms with Gasteiger partial charge in [-0.2, -0.15) is 4.58 Å². The van der Waals surface area contributed by atoms with Crippen molar-refractivity contribution in [3.63, 3.8) is 0 Å². The van der Waals surface area contributed by atoms with Crippen LogP contribution < -0.4 is 38.7 Å². The van der Waals surface area contributed by atoms with Crippen LogP contribution in [0.2, 0.25) is 0 Å². The molecule has 0 unspecified atom stereocenters. The number of azo groups is 2. The van der Waals surface area contributed by atoms with Crippen molar-refractivity contribution < 1.29 is 70.7 Å². The minimum Gasteiger partial charge on any atom is -1.00 e. The molecule has 0 saturated carbocycles. The van der Waals surface area contributed by atoms with Crippen LogP contribution in [0.25, 0.3) is 6.08 Å². The number of rotatable bonds is 14. The third-order valence-electron chi connectivity index (χ3n) is 11.8. The predicted molar refractivity (Wildman–Crippen MR) is 302 cm³/mol. The molecule has 0 spiro atoms. The number of non-ortho nitro benzene ring substituents is 1. The molecule has 6 aromatic carbocycles. The van der Waals surface area contributed by atoms with Gasteiger partial charge >= 0.3 is 0 Å². The van der Waals surface area contributed by atoms with Crippen molar-refractivity contribution in [2.24, 2.45) is 20.5 Å². The first-order chi connectivity index (χ1) is 34.9. The number of benzene rings is 6. The largest absolute Gasteiger partial charge is 1.00 e. The van der Waals surface area contributed by atoms with Gasteiger partial charge in [0.2, 0.25) is 5.69 Å². The Bertz CT molecular complexity index is 2860. The topological polar surface area (TPSA) is 186 Å². The summed E-state index contributed by atoms with van der Waals surface area (Å²) in [6.07, 6.45) is 4.46. The molecule has 17 heteroatoms. The number of nitro benzene ring substituents is 1. The Morgan fingerprint density at radius 3 is 1.47 bits per heavy atom. The fourth-order valence-corrected chi connectivity index (χ4v) is 7.76. The van der Waals surface area contributed by atoms with Gasteiger partial charge in [-0.05, 0) is 120 Å². The number of anilines is 3. The van der Waals surface area contributed by atoms with Crippen LogP contribution in [0, 0.1) is 17.0 Å². The first-order valence-electron chi connectivity index (χ1n) is 24.8. The molecule has 1 radical (unpaired) electrons. The maximum Gasteiger partial charge on any atom is 0.271 e. The monoisotopic (exact) mass is 1180 g/mol. The third kappa shape index (κ3) is 18.2. The molecule has 0 aromatic heterocycles. The molecule has 0 amide bonds. The second-order valence-electron chi connectivity index (χ2n) is 16.9. The summed E-state index contributed by atoms with van der Waals surface area (Å²) >= 11 is 0. The number of phenolic OH excluding ortho intramolecular Hbond substituents is 4. The van der Waals surface area contributed by atoms with Crippen molar-refractivity contribution in [3.8, 4) is 23.0 Å². The van der Waals surface area contributed by atoms with Crippen LogP contribution in [-0.2, 0) is 22.2 Å². The van der Waals surface area contributed by atoms with E-state index in [1.807, 2.05) is 54.5 Å². The predicted octanol–water partition coefficient (Wildman–Crippen LogP) is 12.5. The number of halogens is 1. The number of hydrogen-bond donors (Lipinski definition) is 4. The molecular weight excluding hydrogens is 1100 g/mol. The van der Waals surface area contributed by atoms with E-state index in [4.69, 9.17) is 0 Å². The summed E-state index contributed by atoms with van der Waals surface area (Å²) in [5.41, 5.74) is 10.00. The summed E-state index contributed by atoms with van der Waals surface area (Å²) in [5, 5.41) is 66.1. The molecule has 1 aliphatic rings. The standard InChI is InChI=1S/C21H25N2.C17H21N3O2.C16H18N4O4.2C2H6.Co.HI/c1-21(2)18-8-6-7-9-19(18)23(5)20(21)15-12-16-10-13-17(14-11-16)22(3)4;1-4-20(5-2)13-7-8-14(17(22)11-13)18-19-15-10-12(3)6-9-16(15)21;1-3-19(4-2)11-5-7-13(16(22)10-11)17-18-14-9-12(20(23)24)6-8-15(14)21;2*1-2;;/h6-15H,1-5H3;6-11,21-22H,4-5H2,1-3H3;5-10,21-22H,3-4H2,1-2H3;2*1-2H3;;1H/q+1;;;;;;/p-1. The van der Waals surface area contributed by atoms with Crippen molar-refractivity contribution in [1.29, 1.82) is 0 Å². The van der Waals surface area contributed by atoms with E-state index >= 15 is 0 Å². The van der Waals surface area contributed by atoms with Crippen molar-refractivity contribution in [2.45, 2.75) is 81.6 Å². The minimum atomic E-state index is -0.588. The van der Waals surface area contributed by atoms with Crippen molar-refractivity contribution in [1.82, 2.24) is 0 Å². The normalized spacial score (nSPS) is 11.8. The maximum absolute atomic E-state index is 10.8. The SMILES string of the molecule is CC.CC.CCN(CC)c1ccc(N=Nc2cc(C)ccc2O)c(O)c1.CCN(CC)c1ccc(N=Nc2cc([N+](=O)[O-])ccc2O)c(O)c1.CN(C)c1ccc(C=CC2=[N+](C)c3ccccc3C2(C)C)cc1.[Co].[I-]. The van der Waals surface area contributed by atoms with Crippen molar-refractivity contribution >= 4 is 63.0 Å². The number of hydrogen-bond acceptors (Lipinski definition) is 13. The number of fused-ring (bicyclic) bond motifs is 1. The Labute approximate surface area is 472 Å². The molecule has 4 N–H and O–H groups in total. The van der Waals surface area contributed by atoms with E-state index in [1.165, 1.54) is 40.3 Å². The van der Waals surface area contributed by atoms with E-state index in [1.54, 1.807) is 48.5 Å². The van der Waals surface area contributed by atoms with Gasteiger partial charge in [0, 0.05) is 116 Å². The van der Waals surface area contributed by atoms with Gasteiger partial charge in [-0.3, -0.25) is 10.1 Å². The first kappa shape index (κ1) is 66.2. The van der Waals surface area contributed by atoms with Crippen LogP contribution in [0.1, 0.15) is 85.9 Å². The smallest absolute Gasteiger partial charge is 0.271 e. The van der Waals surface area contributed by atoms with Crippen molar-refractivity contribution in [2.75, 3.05) is 62.0 Å². The molecule has 6 aromatic rings. The summed E-state index contributed by atoms with van der Waals surface area (Å²) in [5.74, 6) is -0.162. The van der Waals surface area contributed by atoms with E-state index in [2.05, 4.69) is 149 Å². The quantitative estimate of drug-likeness (QED) is 0.0271. The molecule has 1 heterocycles. The molecule has 0 atom stereocenters. The Kier molecular flexibility index (Phi) is 28.7. The number of allylic oxidation sites excluding steroid dienone is 1. The zero-order chi connectivity index (χ0) is 54.4. The summed E-state index contributed by atoms with van der Waals surface area (Å²) in [4.78, 5) is 16.5. The van der Waals surface area contributed by atoms with E-state index in [-0.39, 0.29) is 86.2 Å². The average Bonchev–Trinajstić information content (AvgIpc) is 3.59. The molecule has 0 bridgehead atoms. The summed E-state index contributed by atoms with van der Waals surface area (Å²) in [7, 11) is 6.28. The molecule has 7 rings (SSSR count). The van der Waals surface area contributed by atoms with Gasteiger partial charge in [0.25, 0.3) is 5.69 Å². The van der Waals surface area contributed by atoms with E-state index in [0.717, 1.165) is 49.2 Å². The minimum absolute atomic E-state index is 0. The third-order valence-corrected chi connectivity index (χ3v) is 11.8. The molecular formula is C58H76CoIN9O6. The Morgan fingerprint density at radius 2 is 1.03 bits per heavy atom. The number of aromatic hydroxyl groups is 4. The number of para-hydroxylation sites is 1. The van der Waals surface area contributed by atoms with Gasteiger partial charge in [0.15, 0.2) is 5.71 Å².